The molecule has 2 rings (SSSR count). The fraction of sp³-hybridized carbons (Fsp3) is 0.182. The second-order valence-electron chi connectivity index (χ2n) is 3.59. The van der Waals surface area contributed by atoms with E-state index in [0.717, 1.165) is 0 Å². The van der Waals surface area contributed by atoms with E-state index in [1.165, 1.54) is 12.1 Å². The number of imide groups is 1. The summed E-state index contributed by atoms with van der Waals surface area (Å²) in [5, 5.41) is 10.1. The van der Waals surface area contributed by atoms with Gasteiger partial charge in [0, 0.05) is 12.8 Å². The van der Waals surface area contributed by atoms with E-state index in [9.17, 15) is 19.6 Å². The zero-order valence-corrected chi connectivity index (χ0v) is 9.28. The predicted octanol–water partition coefficient (Wildman–Crippen LogP) is 1.08. The molecule has 1 N–H and O–H groups in total. The molecule has 0 saturated carbocycles. The van der Waals surface area contributed by atoms with Crippen molar-refractivity contribution in [3.05, 3.63) is 30.3 Å². The molecule has 0 atom stereocenters. The molecule has 0 bridgehead atoms. The van der Waals surface area contributed by atoms with Crippen LogP contribution in [0.1, 0.15) is 12.8 Å². The fourth-order valence-electron chi connectivity index (χ4n) is 1.45. The summed E-state index contributed by atoms with van der Waals surface area (Å²) in [4.78, 5) is 38.4. The molecule has 0 spiro atoms. The van der Waals surface area contributed by atoms with Crippen LogP contribution in [0.2, 0.25) is 0 Å². The van der Waals surface area contributed by atoms with E-state index in [1.54, 1.807) is 18.2 Å². The van der Waals surface area contributed by atoms with Crippen molar-refractivity contribution in [3.63, 3.8) is 0 Å². The minimum absolute atomic E-state index is 0.00286. The second kappa shape index (κ2) is 4.84. The smallest absolute Gasteiger partial charge is 0.309 e. The lowest BCUT2D eigenvalue weighted by Gasteiger charge is -2.17. The Morgan fingerprint density at radius 2 is 1.72 bits per heavy atom. The van der Waals surface area contributed by atoms with Gasteiger partial charge in [-0.15, -0.1) is 5.06 Å². The summed E-state index contributed by atoms with van der Waals surface area (Å²) in [7, 11) is 0. The number of benzene rings is 1. The number of hydrogen-bond acceptors (Lipinski definition) is 5. The van der Waals surface area contributed by atoms with Crippen LogP contribution in [-0.2, 0) is 14.4 Å². The lowest BCUT2D eigenvalue weighted by Crippen LogP contribution is -2.38. The number of rotatable bonds is 2. The molecule has 0 radical (unpaired) electrons. The minimum atomic E-state index is -1.22. The summed E-state index contributed by atoms with van der Waals surface area (Å²) in [6, 6.07) is 7.86. The normalized spacial score (nSPS) is 14.8. The Morgan fingerprint density at radius 3 is 2.28 bits per heavy atom. The van der Waals surface area contributed by atoms with Crippen molar-refractivity contribution in [1.82, 2.24) is 5.06 Å². The third-order valence-corrected chi connectivity index (χ3v) is 2.35. The van der Waals surface area contributed by atoms with Crippen molar-refractivity contribution in [2.45, 2.75) is 12.8 Å². The molecule has 1 aliphatic rings. The molecule has 1 aliphatic heterocycles. The summed E-state index contributed by atoms with van der Waals surface area (Å²) < 4.78 is 0. The van der Waals surface area contributed by atoms with Gasteiger partial charge in [0.15, 0.2) is 0 Å². The van der Waals surface area contributed by atoms with Crippen LogP contribution in [-0.4, -0.2) is 28.2 Å². The van der Waals surface area contributed by atoms with Crippen LogP contribution in [0.3, 0.4) is 0 Å². The van der Waals surface area contributed by atoms with Gasteiger partial charge in [-0.1, -0.05) is 18.2 Å². The fourth-order valence-corrected chi connectivity index (χ4v) is 1.45. The van der Waals surface area contributed by atoms with Crippen molar-refractivity contribution in [2.75, 3.05) is 5.06 Å². The summed E-state index contributed by atoms with van der Waals surface area (Å²) in [6.07, 6.45) is -1.21. The molecule has 7 heteroatoms. The zero-order valence-electron chi connectivity index (χ0n) is 9.28. The van der Waals surface area contributed by atoms with Gasteiger partial charge in [-0.25, -0.2) is 4.79 Å². The van der Waals surface area contributed by atoms with E-state index in [0.29, 0.717) is 5.06 Å². The van der Waals surface area contributed by atoms with Crippen LogP contribution in [0.25, 0.3) is 0 Å². The lowest BCUT2D eigenvalue weighted by molar-refractivity contribution is -0.171. The highest BCUT2D eigenvalue weighted by atomic mass is 16.8. The molecule has 1 heterocycles. The maximum Gasteiger partial charge on any atom is 0.463 e. The van der Waals surface area contributed by atoms with Crippen molar-refractivity contribution in [1.29, 1.82) is 0 Å². The molecule has 3 amide bonds. The number of hydrogen-bond donors (Lipinski definition) is 1. The van der Waals surface area contributed by atoms with Crippen LogP contribution >= 0.6 is 0 Å². The summed E-state index contributed by atoms with van der Waals surface area (Å²) in [5.41, 5.74) is 0.168. The Morgan fingerprint density at radius 1 is 1.17 bits per heavy atom. The molecule has 1 aromatic carbocycles. The Labute approximate surface area is 102 Å². The molecule has 0 unspecified atom stereocenters. The molecule has 94 valence electrons. The van der Waals surface area contributed by atoms with Gasteiger partial charge in [-0.3, -0.25) is 14.8 Å². The average Bonchev–Trinajstić information content (AvgIpc) is 2.70. The van der Waals surface area contributed by atoms with E-state index < -0.39 is 17.9 Å². The van der Waals surface area contributed by atoms with E-state index >= 15 is 0 Å². The van der Waals surface area contributed by atoms with Crippen LogP contribution in [0, 0.1) is 0 Å². The standard InChI is InChI=1S/C11H10N2O5/c14-9-6-7-10(15)13(9)18-11(16)12(17)8-4-2-1-3-5-8/h1-5,17H,6-7H2. The first kappa shape index (κ1) is 12.1. The molecular formula is C11H10N2O5. The molecule has 1 saturated heterocycles. The first-order valence-corrected chi connectivity index (χ1v) is 5.21. The predicted molar refractivity (Wildman–Crippen MR) is 58.3 cm³/mol. The number of para-hydroxylation sites is 1. The summed E-state index contributed by atoms with van der Waals surface area (Å²) in [6.45, 7) is 0. The SMILES string of the molecule is O=C1CCC(=O)N1OC(=O)N(O)c1ccccc1. The number of anilines is 1. The van der Waals surface area contributed by atoms with Gasteiger partial charge in [-0.05, 0) is 12.1 Å². The highest BCUT2D eigenvalue weighted by Gasteiger charge is 2.34. The van der Waals surface area contributed by atoms with Crippen LogP contribution < -0.4 is 5.06 Å². The largest absolute Gasteiger partial charge is 0.463 e. The Hall–Kier alpha value is -2.41. The van der Waals surface area contributed by atoms with Gasteiger partial charge in [0.25, 0.3) is 11.8 Å². The van der Waals surface area contributed by atoms with Crippen LogP contribution in [0.15, 0.2) is 30.3 Å². The number of carbonyl (C=O) groups excluding carboxylic acids is 3. The lowest BCUT2D eigenvalue weighted by atomic mass is 10.3. The third kappa shape index (κ3) is 2.30. The summed E-state index contributed by atoms with van der Waals surface area (Å²) in [5.74, 6) is -1.20. The third-order valence-electron chi connectivity index (χ3n) is 2.35. The van der Waals surface area contributed by atoms with Gasteiger partial charge in [0.1, 0.15) is 0 Å². The van der Waals surface area contributed by atoms with Gasteiger partial charge in [-0.2, -0.15) is 5.06 Å². The van der Waals surface area contributed by atoms with E-state index in [4.69, 9.17) is 0 Å². The average molecular weight is 250 g/mol. The first-order chi connectivity index (χ1) is 8.59. The highest BCUT2D eigenvalue weighted by Crippen LogP contribution is 2.16. The monoisotopic (exact) mass is 250 g/mol. The van der Waals surface area contributed by atoms with Crippen molar-refractivity contribution < 1.29 is 24.4 Å². The topological polar surface area (TPSA) is 87.2 Å². The van der Waals surface area contributed by atoms with Crippen molar-refractivity contribution >= 4 is 23.6 Å². The Kier molecular flexibility index (Phi) is 3.24. The summed E-state index contributed by atoms with van der Waals surface area (Å²) >= 11 is 0. The van der Waals surface area contributed by atoms with Gasteiger partial charge in [0.05, 0.1) is 5.69 Å². The second-order valence-corrected chi connectivity index (χ2v) is 3.59. The van der Waals surface area contributed by atoms with Crippen LogP contribution in [0.5, 0.6) is 0 Å². The Balaban J connectivity index is 2.04. The quantitative estimate of drug-likeness (QED) is 0.482. The molecule has 1 aromatic rings. The molecule has 0 aromatic heterocycles. The molecular weight excluding hydrogens is 240 g/mol. The number of hydroxylamine groups is 3. The van der Waals surface area contributed by atoms with E-state index in [1.807, 2.05) is 0 Å². The van der Waals surface area contributed by atoms with Crippen molar-refractivity contribution in [2.24, 2.45) is 0 Å². The number of amides is 3. The molecule has 1 fully saturated rings. The van der Waals surface area contributed by atoms with Crippen molar-refractivity contribution in [3.8, 4) is 0 Å². The number of carbonyl (C=O) groups is 3. The first-order valence-electron chi connectivity index (χ1n) is 5.21. The molecule has 7 nitrogen and oxygen atoms in total. The number of nitrogens with zero attached hydrogens (tertiary/aromatic N) is 2. The maximum atomic E-state index is 11.5. The molecule has 18 heavy (non-hydrogen) atoms. The van der Waals surface area contributed by atoms with Crippen LogP contribution in [0.4, 0.5) is 10.5 Å². The van der Waals surface area contributed by atoms with E-state index in [-0.39, 0.29) is 23.6 Å². The Bertz CT molecular complexity index is 471. The minimum Gasteiger partial charge on any atom is -0.309 e. The van der Waals surface area contributed by atoms with E-state index in [2.05, 4.69) is 4.84 Å². The maximum absolute atomic E-state index is 11.5. The zero-order chi connectivity index (χ0) is 13.1. The van der Waals surface area contributed by atoms with Gasteiger partial charge in [0.2, 0.25) is 0 Å². The van der Waals surface area contributed by atoms with Gasteiger partial charge < -0.3 is 4.84 Å². The molecule has 0 aliphatic carbocycles. The highest BCUT2D eigenvalue weighted by molar-refractivity contribution is 6.02. The van der Waals surface area contributed by atoms with Gasteiger partial charge >= 0.3 is 6.09 Å².